The molecule has 8 aliphatic rings. The molecule has 100 heavy (non-hydrogen) atoms. The summed E-state index contributed by atoms with van der Waals surface area (Å²) < 4.78 is 3.20. The van der Waals surface area contributed by atoms with Gasteiger partial charge < -0.3 is 20.4 Å². The molecule has 0 saturated carbocycles. The number of halogens is 4. The summed E-state index contributed by atoms with van der Waals surface area (Å²) in [7, 11) is 0. The van der Waals surface area contributed by atoms with Gasteiger partial charge in [0.1, 0.15) is 21.7 Å². The fraction of sp³-hybridized carbons (Fsp3) is 0.222. The monoisotopic (exact) mass is 1610 g/mol. The van der Waals surface area contributed by atoms with Crippen LogP contribution in [0, 0.1) is 0 Å². The number of carbonyl (C=O) groups excluding carboxylic acids is 8. The summed E-state index contributed by atoms with van der Waals surface area (Å²) in [5.41, 5.74) is -11.4. The molecule has 4 fully saturated rings. The van der Waals surface area contributed by atoms with Crippen LogP contribution in [0.2, 0.25) is 0 Å². The summed E-state index contributed by atoms with van der Waals surface area (Å²) in [6.07, 6.45) is 0.648. The molecule has 8 aliphatic heterocycles. The van der Waals surface area contributed by atoms with E-state index >= 15 is 0 Å². The number of fused-ring (bicyclic) bond motifs is 12. The van der Waals surface area contributed by atoms with E-state index in [-0.39, 0.29) is 48.4 Å². The minimum Gasteiger partial charge on any atom is -0.360 e. The number of aliphatic hydroxyl groups is 4. The highest BCUT2D eigenvalue weighted by Gasteiger charge is 2.80. The van der Waals surface area contributed by atoms with Crippen molar-refractivity contribution >= 4 is 156 Å². The van der Waals surface area contributed by atoms with Crippen LogP contribution in [0.5, 0.6) is 0 Å². The third kappa shape index (κ3) is 8.63. The van der Waals surface area contributed by atoms with Gasteiger partial charge in [0.15, 0.2) is 0 Å². The van der Waals surface area contributed by atoms with Crippen molar-refractivity contribution < 1.29 is 79.6 Å². The molecule has 4 saturated heterocycles. The second kappa shape index (κ2) is 24.4. The van der Waals surface area contributed by atoms with Gasteiger partial charge in [-0.3, -0.25) is 59.2 Å². The van der Waals surface area contributed by atoms with E-state index in [1.54, 1.807) is 222 Å². The Morgan fingerprint density at radius 3 is 0.580 bits per heavy atom. The number of para-hydroxylation sites is 4. The molecule has 8 aromatic carbocycles. The van der Waals surface area contributed by atoms with E-state index < -0.39 is 91.8 Å². The van der Waals surface area contributed by atoms with E-state index in [0.29, 0.717) is 65.3 Å². The Labute approximate surface area is 604 Å². The van der Waals surface area contributed by atoms with Gasteiger partial charge in [-0.2, -0.15) is 0 Å². The lowest BCUT2D eigenvalue weighted by Gasteiger charge is -2.33. The zero-order valence-corrected chi connectivity index (χ0v) is 59.6. The fourth-order valence-electron chi connectivity index (χ4n) is 15.8. The Kier molecular flexibility index (Phi) is 17.0. The molecule has 8 heterocycles. The molecule has 0 spiro atoms. The molecule has 512 valence electrons. The van der Waals surface area contributed by atoms with Crippen LogP contribution in [0.3, 0.4) is 0 Å². The maximum absolute atomic E-state index is 13.3. The number of rotatable bonds is 8. The number of imide groups is 4. The van der Waals surface area contributed by atoms with Gasteiger partial charge in [0.2, 0.25) is 23.6 Å². The van der Waals surface area contributed by atoms with Gasteiger partial charge >= 0.3 is 0 Å². The average molecular weight is 1610 g/mol. The molecule has 28 heteroatoms. The van der Waals surface area contributed by atoms with Gasteiger partial charge in [-0.15, -0.1) is 0 Å². The summed E-state index contributed by atoms with van der Waals surface area (Å²) in [5.74, 6) is -5.63. The molecule has 0 aliphatic carbocycles. The lowest BCUT2D eigenvalue weighted by atomic mass is 9.73. The van der Waals surface area contributed by atoms with Crippen molar-refractivity contribution in [1.29, 1.82) is 0 Å². The molecule has 16 rings (SSSR count). The van der Waals surface area contributed by atoms with Crippen molar-refractivity contribution in [3.8, 4) is 0 Å². The van der Waals surface area contributed by atoms with Gasteiger partial charge in [-0.25, -0.2) is 39.9 Å². The summed E-state index contributed by atoms with van der Waals surface area (Å²) in [6, 6.07) is 53.1. The van der Waals surface area contributed by atoms with Crippen molar-refractivity contribution in [1.82, 2.24) is 0 Å². The predicted octanol–water partition coefficient (Wildman–Crippen LogP) is 10.3. The van der Waals surface area contributed by atoms with Gasteiger partial charge in [-0.05, 0) is 169 Å². The number of carbonyl (C=O) groups is 8. The fourth-order valence-corrected chi connectivity index (χ4v) is 16.9. The van der Waals surface area contributed by atoms with Crippen molar-refractivity contribution in [2.45, 2.75) is 97.9 Å². The van der Waals surface area contributed by atoms with E-state index in [1.807, 2.05) is 0 Å². The predicted molar refractivity (Wildman–Crippen MR) is 377 cm³/mol. The summed E-state index contributed by atoms with van der Waals surface area (Å²) >= 11 is 13.3. The molecule has 0 radical (unpaired) electrons. The molecule has 8 amide bonds. The zero-order valence-electron chi connectivity index (χ0n) is 53.2. The Bertz CT molecular complexity index is 4200. The normalized spacial score (nSPS) is 27.7. The van der Waals surface area contributed by atoms with Crippen LogP contribution in [0.25, 0.3) is 0 Å². The largest absolute Gasteiger partial charge is 0.360 e. The second-order valence-corrected chi connectivity index (χ2v) is 28.4. The minimum absolute atomic E-state index is 0.162. The van der Waals surface area contributed by atoms with Crippen LogP contribution in [0.15, 0.2) is 212 Å². The molecular weight excluding hydrogens is 1550 g/mol. The topological polar surface area (TPSA) is 324 Å². The molecule has 24 nitrogen and oxygen atoms in total. The quantitative estimate of drug-likeness (QED) is 0.0656. The molecule has 8 N–H and O–H groups in total. The lowest BCUT2D eigenvalue weighted by molar-refractivity contribution is -0.147. The minimum atomic E-state index is -2.37. The molecule has 8 aromatic rings. The Balaban J connectivity index is 0.000000119. The van der Waals surface area contributed by atoms with Gasteiger partial charge in [-0.1, -0.05) is 164 Å². The number of nitrogens with zero attached hydrogens (tertiary/aromatic N) is 8. The number of anilines is 8. The third-order valence-electron chi connectivity index (χ3n) is 20.7. The van der Waals surface area contributed by atoms with Gasteiger partial charge in [0.25, 0.3) is 46.5 Å². The second-order valence-electron chi connectivity index (χ2n) is 24.7. The number of benzene rings is 8. The standard InChI is InChI=1S/4C18H15BrN2O4/c4*1-2-17-13-5-3-4-6-14(13)21(25)18(17,24)16(23)20(15(17)22)12-9-7-11(19)8-10-12/h4*3-10,24-25H,2H2,1H3/t4*17-,18-/m0000/s1. The highest BCUT2D eigenvalue weighted by atomic mass is 79.9. The van der Waals surface area contributed by atoms with Crippen LogP contribution >= 0.6 is 63.7 Å². The van der Waals surface area contributed by atoms with Crippen LogP contribution in [0.4, 0.5) is 45.5 Å². The molecule has 0 unspecified atom stereocenters. The van der Waals surface area contributed by atoms with Crippen LogP contribution < -0.4 is 39.9 Å². The van der Waals surface area contributed by atoms with E-state index in [2.05, 4.69) is 63.7 Å². The van der Waals surface area contributed by atoms with Crippen LogP contribution in [-0.4, -0.2) is 111 Å². The highest BCUT2D eigenvalue weighted by Crippen LogP contribution is 2.62. The number of amides is 8. The number of hydroxylamine groups is 4. The van der Waals surface area contributed by atoms with E-state index in [9.17, 15) is 79.6 Å². The summed E-state index contributed by atoms with van der Waals surface area (Å²) in [4.78, 5) is 110. The van der Waals surface area contributed by atoms with Gasteiger partial charge in [0.05, 0.1) is 45.5 Å². The summed E-state index contributed by atoms with van der Waals surface area (Å²) in [5, 5.41) is 89.5. The van der Waals surface area contributed by atoms with Gasteiger partial charge in [0, 0.05) is 17.9 Å². The van der Waals surface area contributed by atoms with Crippen molar-refractivity contribution in [2.75, 3.05) is 39.9 Å². The van der Waals surface area contributed by atoms with Crippen molar-refractivity contribution in [2.24, 2.45) is 0 Å². The van der Waals surface area contributed by atoms with Crippen molar-refractivity contribution in [3.05, 3.63) is 234 Å². The van der Waals surface area contributed by atoms with E-state index in [4.69, 9.17) is 0 Å². The lowest BCUT2D eigenvalue weighted by Crippen LogP contribution is -2.59. The molecule has 0 aromatic heterocycles. The molecular formula is C72H60Br4N8O16. The number of hydrogen-bond donors (Lipinski definition) is 8. The van der Waals surface area contributed by atoms with Crippen molar-refractivity contribution in [3.63, 3.8) is 0 Å². The van der Waals surface area contributed by atoms with Crippen LogP contribution in [0.1, 0.15) is 75.6 Å². The Morgan fingerprint density at radius 2 is 0.420 bits per heavy atom. The zero-order chi connectivity index (χ0) is 71.9. The molecule has 8 atom stereocenters. The third-order valence-corrected chi connectivity index (χ3v) is 22.8. The first-order chi connectivity index (χ1) is 47.6. The first-order valence-electron chi connectivity index (χ1n) is 31.4. The smallest absolute Gasteiger partial charge is 0.290 e. The Morgan fingerprint density at radius 1 is 0.260 bits per heavy atom. The Hall–Kier alpha value is -8.88. The van der Waals surface area contributed by atoms with E-state index in [1.165, 1.54) is 0 Å². The molecule has 0 bridgehead atoms. The first-order valence-corrected chi connectivity index (χ1v) is 34.6. The highest BCUT2D eigenvalue weighted by molar-refractivity contribution is 9.11. The van der Waals surface area contributed by atoms with Crippen LogP contribution in [-0.2, 0) is 60.0 Å². The maximum atomic E-state index is 13.3. The first kappa shape index (κ1) is 69.6. The summed E-state index contributed by atoms with van der Waals surface area (Å²) in [6.45, 7) is 6.88. The maximum Gasteiger partial charge on any atom is 0.290 e. The average Bonchev–Trinajstić information content (AvgIpc) is 1.53. The number of hydrogen-bond acceptors (Lipinski definition) is 20. The SMILES string of the molecule is CC[C@]12C(=O)N(c3ccc(Br)cc3)C(=O)[C@@]1(O)N(O)c1ccccc12.CC[C@]12C(=O)N(c3ccc(Br)cc3)C(=O)[C@@]1(O)N(O)c1ccccc12.CC[C@]12C(=O)N(c3ccc(Br)cc3)C(=O)[C@@]1(O)N(O)c1ccccc12.CC[C@]12C(=O)N(c3ccc(Br)cc3)C(=O)[C@@]1(O)N(O)c1ccccc12. The van der Waals surface area contributed by atoms with E-state index in [0.717, 1.165) is 37.5 Å².